The first-order chi connectivity index (χ1) is 14.9. The van der Waals surface area contributed by atoms with Crippen molar-refractivity contribution in [3.8, 4) is 11.5 Å². The lowest BCUT2D eigenvalue weighted by Gasteiger charge is -2.17. The summed E-state index contributed by atoms with van der Waals surface area (Å²) in [5, 5.41) is 13.0. The van der Waals surface area contributed by atoms with Crippen molar-refractivity contribution in [2.45, 2.75) is 25.9 Å². The molecule has 0 aromatic heterocycles. The Morgan fingerprint density at radius 1 is 1.16 bits per heavy atom. The van der Waals surface area contributed by atoms with E-state index in [-0.39, 0.29) is 13.2 Å². The molecule has 2 aromatic carbocycles. The molecule has 1 saturated heterocycles. The van der Waals surface area contributed by atoms with E-state index in [2.05, 4.69) is 5.32 Å². The van der Waals surface area contributed by atoms with Crippen LogP contribution in [0.1, 0.15) is 24.5 Å². The first kappa shape index (κ1) is 23.5. The molecule has 6 nitrogen and oxygen atoms in total. The minimum absolute atomic E-state index is 0.0121. The summed E-state index contributed by atoms with van der Waals surface area (Å²) >= 11 is 13.2. The van der Waals surface area contributed by atoms with Crippen molar-refractivity contribution >= 4 is 52.2 Å². The van der Waals surface area contributed by atoms with Crippen molar-refractivity contribution in [3.63, 3.8) is 0 Å². The van der Waals surface area contributed by atoms with E-state index in [9.17, 15) is 14.7 Å². The number of amides is 2. The van der Waals surface area contributed by atoms with Gasteiger partial charge in [-0.1, -0.05) is 48.7 Å². The number of benzene rings is 2. The summed E-state index contributed by atoms with van der Waals surface area (Å²) in [6.07, 6.45) is 2.32. The van der Waals surface area contributed by atoms with Gasteiger partial charge in [-0.3, -0.25) is 14.9 Å². The highest BCUT2D eigenvalue weighted by Crippen LogP contribution is 2.34. The van der Waals surface area contributed by atoms with Crippen LogP contribution >= 0.6 is 35.0 Å². The summed E-state index contributed by atoms with van der Waals surface area (Å²) in [7, 11) is 0. The number of aliphatic hydroxyl groups excluding tert-OH is 1. The van der Waals surface area contributed by atoms with Crippen LogP contribution in [-0.2, 0) is 11.2 Å². The number of carbonyl (C=O) groups excluding carboxylic acids is 2. The Labute approximate surface area is 194 Å². The van der Waals surface area contributed by atoms with Gasteiger partial charge in [-0.05, 0) is 54.1 Å². The number of aliphatic hydroxyl groups is 1. The molecule has 1 atom stereocenters. The van der Waals surface area contributed by atoms with Crippen molar-refractivity contribution in [1.29, 1.82) is 0 Å². The largest absolute Gasteiger partial charge is 0.491 e. The maximum Gasteiger partial charge on any atom is 0.290 e. The summed E-state index contributed by atoms with van der Waals surface area (Å²) in [5.41, 5.74) is 1.52. The molecule has 31 heavy (non-hydrogen) atoms. The lowest BCUT2D eigenvalue weighted by atomic mass is 10.1. The minimum Gasteiger partial charge on any atom is -0.491 e. The fourth-order valence-electron chi connectivity index (χ4n) is 2.89. The Kier molecular flexibility index (Phi) is 8.26. The van der Waals surface area contributed by atoms with Crippen LogP contribution in [0.3, 0.4) is 0 Å². The van der Waals surface area contributed by atoms with Gasteiger partial charge in [-0.15, -0.1) is 0 Å². The molecule has 2 aromatic rings. The average Bonchev–Trinajstić information content (AvgIpc) is 3.06. The Morgan fingerprint density at radius 3 is 2.65 bits per heavy atom. The van der Waals surface area contributed by atoms with E-state index in [1.807, 2.05) is 6.92 Å². The highest BCUT2D eigenvalue weighted by atomic mass is 35.5. The van der Waals surface area contributed by atoms with Crippen LogP contribution in [0, 0.1) is 0 Å². The highest BCUT2D eigenvalue weighted by Gasteiger charge is 2.24. The number of carbonyl (C=O) groups is 2. The van der Waals surface area contributed by atoms with Gasteiger partial charge in [0.05, 0.1) is 15.0 Å². The van der Waals surface area contributed by atoms with Crippen LogP contribution in [0.4, 0.5) is 4.79 Å². The Balaban J connectivity index is 1.57. The van der Waals surface area contributed by atoms with Gasteiger partial charge in [-0.2, -0.15) is 0 Å². The third-order valence-electron chi connectivity index (χ3n) is 4.32. The van der Waals surface area contributed by atoms with E-state index in [0.29, 0.717) is 38.4 Å². The fraction of sp³-hybridized carbons (Fsp3) is 0.273. The van der Waals surface area contributed by atoms with Crippen LogP contribution < -0.4 is 14.8 Å². The number of thioether (sulfide) groups is 1. The standard InChI is InChI=1S/C22H21Cl2NO5S/c1-2-4-16-18(8-7-17(23)20(16)24)30-12-14(26)11-29-15-6-3-5-13(9-15)10-19-21(27)25-22(28)31-19/h3,5-10,14,26H,2,4,11-12H2,1H3,(H,25,27,28)/b19-10+/t14-/m0/s1. The topological polar surface area (TPSA) is 84.9 Å². The second kappa shape index (κ2) is 10.9. The van der Waals surface area contributed by atoms with Crippen molar-refractivity contribution < 1.29 is 24.2 Å². The Morgan fingerprint density at radius 2 is 1.94 bits per heavy atom. The van der Waals surface area contributed by atoms with Gasteiger partial charge >= 0.3 is 0 Å². The summed E-state index contributed by atoms with van der Waals surface area (Å²) in [4.78, 5) is 23.3. The molecule has 0 spiro atoms. The van der Waals surface area contributed by atoms with Crippen molar-refractivity contribution in [2.75, 3.05) is 13.2 Å². The number of rotatable bonds is 9. The summed E-state index contributed by atoms with van der Waals surface area (Å²) < 4.78 is 11.4. The van der Waals surface area contributed by atoms with Crippen LogP contribution in [0.5, 0.6) is 11.5 Å². The Bertz CT molecular complexity index is 1010. The zero-order valence-electron chi connectivity index (χ0n) is 16.7. The fourth-order valence-corrected chi connectivity index (χ4v) is 4.00. The van der Waals surface area contributed by atoms with E-state index >= 15 is 0 Å². The number of hydrogen-bond acceptors (Lipinski definition) is 6. The molecule has 164 valence electrons. The molecule has 0 bridgehead atoms. The SMILES string of the molecule is CCCc1c(OC[C@@H](O)COc2cccc(/C=C3/SC(=O)NC3=O)c2)ccc(Cl)c1Cl. The molecule has 0 unspecified atom stereocenters. The van der Waals surface area contributed by atoms with Gasteiger partial charge in [0.15, 0.2) is 0 Å². The molecule has 1 fully saturated rings. The predicted molar refractivity (Wildman–Crippen MR) is 123 cm³/mol. The maximum atomic E-state index is 11.7. The molecule has 0 aliphatic carbocycles. The van der Waals surface area contributed by atoms with Crippen LogP contribution in [-0.4, -0.2) is 35.6 Å². The van der Waals surface area contributed by atoms with E-state index in [0.717, 1.165) is 23.7 Å². The third kappa shape index (κ3) is 6.40. The zero-order valence-corrected chi connectivity index (χ0v) is 19.0. The number of hydrogen-bond donors (Lipinski definition) is 2. The first-order valence-electron chi connectivity index (χ1n) is 9.62. The monoisotopic (exact) mass is 481 g/mol. The highest BCUT2D eigenvalue weighted by molar-refractivity contribution is 8.18. The molecule has 3 rings (SSSR count). The van der Waals surface area contributed by atoms with Crippen molar-refractivity contribution in [2.24, 2.45) is 0 Å². The molecular weight excluding hydrogens is 461 g/mol. The number of ether oxygens (including phenoxy) is 2. The van der Waals surface area contributed by atoms with Gasteiger partial charge in [-0.25, -0.2) is 0 Å². The van der Waals surface area contributed by atoms with Gasteiger partial charge in [0.25, 0.3) is 11.1 Å². The second-order valence-corrected chi connectivity index (χ2v) is 8.59. The molecule has 0 saturated carbocycles. The van der Waals surface area contributed by atoms with Gasteiger partial charge < -0.3 is 14.6 Å². The van der Waals surface area contributed by atoms with Crippen LogP contribution in [0.2, 0.25) is 10.0 Å². The summed E-state index contributed by atoms with van der Waals surface area (Å²) in [6.45, 7) is 2.07. The van der Waals surface area contributed by atoms with Crippen LogP contribution in [0.15, 0.2) is 41.3 Å². The molecule has 2 N–H and O–H groups in total. The predicted octanol–water partition coefficient (Wildman–Crippen LogP) is 5.09. The van der Waals surface area contributed by atoms with Crippen molar-refractivity contribution in [3.05, 3.63) is 62.5 Å². The van der Waals surface area contributed by atoms with Crippen molar-refractivity contribution in [1.82, 2.24) is 5.32 Å². The summed E-state index contributed by atoms with van der Waals surface area (Å²) in [6, 6.07) is 10.4. The molecule has 2 amide bonds. The first-order valence-corrected chi connectivity index (χ1v) is 11.2. The average molecular weight is 482 g/mol. The second-order valence-electron chi connectivity index (χ2n) is 6.79. The van der Waals surface area contributed by atoms with E-state index in [1.54, 1.807) is 42.5 Å². The van der Waals surface area contributed by atoms with Crippen LogP contribution in [0.25, 0.3) is 6.08 Å². The third-order valence-corrected chi connectivity index (χ3v) is 5.98. The lowest BCUT2D eigenvalue weighted by Crippen LogP contribution is -2.25. The molecule has 9 heteroatoms. The normalized spacial score (nSPS) is 15.8. The smallest absolute Gasteiger partial charge is 0.290 e. The summed E-state index contributed by atoms with van der Waals surface area (Å²) in [5.74, 6) is 0.689. The number of imide groups is 1. The van der Waals surface area contributed by atoms with E-state index in [4.69, 9.17) is 32.7 Å². The van der Waals surface area contributed by atoms with E-state index < -0.39 is 17.3 Å². The number of nitrogens with one attached hydrogen (secondary N) is 1. The maximum absolute atomic E-state index is 11.7. The number of halogens is 2. The molecular formula is C22H21Cl2NO5S. The Hall–Kier alpha value is -2.19. The molecule has 0 radical (unpaired) electrons. The minimum atomic E-state index is -0.875. The van der Waals surface area contributed by atoms with E-state index in [1.165, 1.54) is 0 Å². The quantitative estimate of drug-likeness (QED) is 0.485. The zero-order chi connectivity index (χ0) is 22.4. The van der Waals surface area contributed by atoms with Gasteiger partial charge in [0, 0.05) is 5.56 Å². The molecule has 1 aliphatic heterocycles. The molecule has 1 heterocycles. The molecule has 1 aliphatic rings. The van der Waals surface area contributed by atoms with Gasteiger partial charge in [0.2, 0.25) is 0 Å². The van der Waals surface area contributed by atoms with Gasteiger partial charge in [0.1, 0.15) is 30.8 Å². The lowest BCUT2D eigenvalue weighted by molar-refractivity contribution is -0.115.